The van der Waals surface area contributed by atoms with E-state index in [1.54, 1.807) is 0 Å². The Morgan fingerprint density at radius 3 is 3.00 bits per heavy atom. The zero-order chi connectivity index (χ0) is 12.7. The Kier molecular flexibility index (Phi) is 2.54. The van der Waals surface area contributed by atoms with Crippen molar-refractivity contribution in [3.05, 3.63) is 48.7 Å². The van der Waals surface area contributed by atoms with Crippen LogP contribution in [0.25, 0.3) is 10.9 Å². The minimum Gasteiger partial charge on any atom is -0.385 e. The lowest BCUT2D eigenvalue weighted by Gasteiger charge is -2.19. The zero-order valence-electron chi connectivity index (χ0n) is 10.9. The van der Waals surface area contributed by atoms with E-state index in [4.69, 9.17) is 0 Å². The van der Waals surface area contributed by atoms with Crippen molar-refractivity contribution in [1.82, 2.24) is 4.98 Å². The molecule has 0 aliphatic heterocycles. The normalized spacial score (nSPS) is 28.1. The summed E-state index contributed by atoms with van der Waals surface area (Å²) in [6.45, 7) is 1.09. The van der Waals surface area contributed by atoms with Crippen LogP contribution < -0.4 is 5.32 Å². The molecule has 1 fully saturated rings. The summed E-state index contributed by atoms with van der Waals surface area (Å²) in [6.07, 6.45) is 9.42. The number of pyridine rings is 1. The maximum absolute atomic E-state index is 4.35. The van der Waals surface area contributed by atoms with Gasteiger partial charge in [0, 0.05) is 23.8 Å². The van der Waals surface area contributed by atoms with Crippen molar-refractivity contribution in [2.24, 2.45) is 17.8 Å². The number of rotatable bonds is 3. The summed E-state index contributed by atoms with van der Waals surface area (Å²) in [6, 6.07) is 10.5. The molecule has 0 saturated heterocycles. The van der Waals surface area contributed by atoms with Gasteiger partial charge in [0.1, 0.15) is 0 Å². The predicted octanol–water partition coefficient (Wildman–Crippen LogP) is 3.86. The van der Waals surface area contributed by atoms with Crippen molar-refractivity contribution in [1.29, 1.82) is 0 Å². The summed E-state index contributed by atoms with van der Waals surface area (Å²) in [5.41, 5.74) is 2.28. The van der Waals surface area contributed by atoms with E-state index in [1.807, 2.05) is 12.3 Å². The molecular formula is C17H18N2. The lowest BCUT2D eigenvalue weighted by atomic mass is 9.93. The van der Waals surface area contributed by atoms with E-state index in [-0.39, 0.29) is 0 Å². The molecular weight excluding hydrogens is 232 g/mol. The number of fused-ring (bicyclic) bond motifs is 3. The smallest absolute Gasteiger partial charge is 0.0703 e. The number of nitrogens with one attached hydrogen (secondary N) is 1. The van der Waals surface area contributed by atoms with Crippen molar-refractivity contribution in [3.8, 4) is 0 Å². The topological polar surface area (TPSA) is 24.9 Å². The third-order valence-electron chi connectivity index (χ3n) is 4.59. The van der Waals surface area contributed by atoms with Crippen LogP contribution in [0.2, 0.25) is 0 Å². The first-order valence-electron chi connectivity index (χ1n) is 7.15. The molecule has 2 heteroatoms. The minimum atomic E-state index is 0.819. The van der Waals surface area contributed by atoms with Gasteiger partial charge in [-0.05, 0) is 54.9 Å². The predicted molar refractivity (Wildman–Crippen MR) is 79.1 cm³/mol. The lowest BCUT2D eigenvalue weighted by Crippen LogP contribution is -2.18. The Morgan fingerprint density at radius 1 is 1.16 bits per heavy atom. The molecule has 0 spiro atoms. The average Bonchev–Trinajstić information content (AvgIpc) is 3.07. The van der Waals surface area contributed by atoms with Gasteiger partial charge in [0.2, 0.25) is 0 Å². The molecule has 2 aliphatic rings. The summed E-state index contributed by atoms with van der Waals surface area (Å²) in [7, 11) is 0. The van der Waals surface area contributed by atoms with Crippen LogP contribution in [-0.4, -0.2) is 11.5 Å². The van der Waals surface area contributed by atoms with Gasteiger partial charge in [-0.3, -0.25) is 4.98 Å². The fraction of sp³-hybridized carbons (Fsp3) is 0.353. The van der Waals surface area contributed by atoms with E-state index in [0.29, 0.717) is 0 Å². The molecule has 19 heavy (non-hydrogen) atoms. The maximum atomic E-state index is 4.35. The van der Waals surface area contributed by atoms with Crippen LogP contribution in [0.5, 0.6) is 0 Å². The maximum Gasteiger partial charge on any atom is 0.0703 e. The number of anilines is 1. The average molecular weight is 250 g/mol. The van der Waals surface area contributed by atoms with Crippen molar-refractivity contribution in [2.75, 3.05) is 11.9 Å². The molecule has 96 valence electrons. The first-order valence-corrected chi connectivity index (χ1v) is 7.15. The molecule has 2 nitrogen and oxygen atoms in total. The molecule has 2 bridgehead atoms. The molecule has 3 atom stereocenters. The van der Waals surface area contributed by atoms with Crippen molar-refractivity contribution in [2.45, 2.75) is 12.8 Å². The second kappa shape index (κ2) is 4.37. The molecule has 4 rings (SSSR count). The summed E-state index contributed by atoms with van der Waals surface area (Å²) in [5.74, 6) is 2.50. The van der Waals surface area contributed by atoms with Crippen LogP contribution in [0.4, 0.5) is 5.69 Å². The van der Waals surface area contributed by atoms with Crippen LogP contribution in [0.15, 0.2) is 48.7 Å². The molecule has 1 aromatic carbocycles. The van der Waals surface area contributed by atoms with Gasteiger partial charge in [-0.2, -0.15) is 0 Å². The Balaban J connectivity index is 1.48. The Bertz CT molecular complexity index is 632. The van der Waals surface area contributed by atoms with Crippen molar-refractivity contribution in [3.63, 3.8) is 0 Å². The van der Waals surface area contributed by atoms with E-state index in [2.05, 4.69) is 46.7 Å². The van der Waals surface area contributed by atoms with Gasteiger partial charge < -0.3 is 5.32 Å². The quantitative estimate of drug-likeness (QED) is 0.837. The fourth-order valence-corrected chi connectivity index (χ4v) is 3.56. The molecule has 3 unspecified atom stereocenters. The second-order valence-electron chi connectivity index (χ2n) is 5.83. The molecule has 2 aromatic rings. The van der Waals surface area contributed by atoms with Gasteiger partial charge in [0.25, 0.3) is 0 Å². The first kappa shape index (κ1) is 11.0. The summed E-state index contributed by atoms with van der Waals surface area (Å²) in [4.78, 5) is 4.35. The Morgan fingerprint density at radius 2 is 2.16 bits per heavy atom. The van der Waals surface area contributed by atoms with E-state index in [9.17, 15) is 0 Å². The molecule has 1 heterocycles. The van der Waals surface area contributed by atoms with Gasteiger partial charge in [-0.15, -0.1) is 0 Å². The largest absolute Gasteiger partial charge is 0.385 e. The number of hydrogen-bond acceptors (Lipinski definition) is 2. The zero-order valence-corrected chi connectivity index (χ0v) is 10.9. The number of allylic oxidation sites excluding steroid dienone is 2. The van der Waals surface area contributed by atoms with Crippen LogP contribution in [0, 0.1) is 17.8 Å². The number of aromatic nitrogens is 1. The van der Waals surface area contributed by atoms with Gasteiger partial charge in [-0.1, -0.05) is 18.2 Å². The Hall–Kier alpha value is -1.83. The highest BCUT2D eigenvalue weighted by Gasteiger charge is 2.35. The van der Waals surface area contributed by atoms with Gasteiger partial charge in [0.15, 0.2) is 0 Å². The summed E-state index contributed by atoms with van der Waals surface area (Å²) >= 11 is 0. The fourth-order valence-electron chi connectivity index (χ4n) is 3.56. The number of nitrogens with zero attached hydrogens (tertiary/aromatic N) is 1. The van der Waals surface area contributed by atoms with E-state index >= 15 is 0 Å². The highest BCUT2D eigenvalue weighted by molar-refractivity contribution is 5.82. The SMILES string of the molecule is C1=CC2CC1CC2CNc1ccc2ncccc2c1. The standard InChI is InChI=1S/C17H18N2/c1-2-14-10-16(5-6-17(14)18-7-1)19-11-15-9-12-3-4-13(15)8-12/h1-7,10,12-13,15,19H,8-9,11H2. The molecule has 0 amide bonds. The van der Waals surface area contributed by atoms with Crippen molar-refractivity contribution >= 4 is 16.6 Å². The van der Waals surface area contributed by atoms with Gasteiger partial charge >= 0.3 is 0 Å². The van der Waals surface area contributed by atoms with Crippen LogP contribution >= 0.6 is 0 Å². The lowest BCUT2D eigenvalue weighted by molar-refractivity contribution is 0.472. The summed E-state index contributed by atoms with van der Waals surface area (Å²) < 4.78 is 0. The molecule has 0 radical (unpaired) electrons. The molecule has 1 aromatic heterocycles. The first-order chi connectivity index (χ1) is 9.38. The van der Waals surface area contributed by atoms with E-state index in [1.165, 1.54) is 23.9 Å². The van der Waals surface area contributed by atoms with Crippen LogP contribution in [0.1, 0.15) is 12.8 Å². The Labute approximate surface area is 113 Å². The number of benzene rings is 1. The van der Waals surface area contributed by atoms with Gasteiger partial charge in [-0.25, -0.2) is 0 Å². The molecule has 1 saturated carbocycles. The van der Waals surface area contributed by atoms with Gasteiger partial charge in [0.05, 0.1) is 5.52 Å². The molecule has 1 N–H and O–H groups in total. The second-order valence-corrected chi connectivity index (χ2v) is 5.83. The van der Waals surface area contributed by atoms with E-state index in [0.717, 1.165) is 29.8 Å². The molecule has 2 aliphatic carbocycles. The third-order valence-corrected chi connectivity index (χ3v) is 4.59. The monoisotopic (exact) mass is 250 g/mol. The number of hydrogen-bond donors (Lipinski definition) is 1. The van der Waals surface area contributed by atoms with Crippen LogP contribution in [-0.2, 0) is 0 Å². The highest BCUT2D eigenvalue weighted by Crippen LogP contribution is 2.43. The third kappa shape index (κ3) is 2.01. The summed E-state index contributed by atoms with van der Waals surface area (Å²) in [5, 5.41) is 4.81. The van der Waals surface area contributed by atoms with E-state index < -0.39 is 0 Å². The van der Waals surface area contributed by atoms with Crippen molar-refractivity contribution < 1.29 is 0 Å². The highest BCUT2D eigenvalue weighted by atomic mass is 14.9. The van der Waals surface area contributed by atoms with Crippen LogP contribution in [0.3, 0.4) is 0 Å². The minimum absolute atomic E-state index is 0.819.